The third-order valence-corrected chi connectivity index (χ3v) is 16.4. The normalized spacial score (nSPS) is 31.1. The first-order valence-corrected chi connectivity index (χ1v) is 30.8. The molecule has 0 aromatic carbocycles. The Morgan fingerprint density at radius 2 is 1.06 bits per heavy atom. The number of nitrogens with one attached hydrogen (secondary N) is 1. The van der Waals surface area contributed by atoms with Gasteiger partial charge in [-0.05, 0) is 12.8 Å². The first-order valence-electron chi connectivity index (χ1n) is 30.8. The molecule has 0 bridgehead atoms. The van der Waals surface area contributed by atoms with Gasteiger partial charge in [0.1, 0.15) is 67.1 Å². The van der Waals surface area contributed by atoms with Crippen LogP contribution in [0, 0.1) is 5.92 Å². The van der Waals surface area contributed by atoms with Crippen molar-refractivity contribution in [2.45, 2.75) is 323 Å². The van der Waals surface area contributed by atoms with Gasteiger partial charge in [0.05, 0.1) is 50.8 Å². The number of aliphatic hydroxyl groups excluding tert-OH is 12. The van der Waals surface area contributed by atoms with E-state index < -0.39 is 155 Å². The minimum absolute atomic E-state index is 0.155. The number of carbonyl (C=O) groups excluding carboxylic acids is 1. The number of hydrogen-bond acceptors (Lipinski definition) is 20. The van der Waals surface area contributed by atoms with E-state index in [-0.39, 0.29) is 18.7 Å². The van der Waals surface area contributed by atoms with Crippen LogP contribution < -0.4 is 5.32 Å². The smallest absolute Gasteiger partial charge is 0.364 e. The first-order chi connectivity index (χ1) is 38.4. The van der Waals surface area contributed by atoms with Gasteiger partial charge in [-0.3, -0.25) is 4.79 Å². The maximum absolute atomic E-state index is 13.4. The van der Waals surface area contributed by atoms with E-state index in [0.29, 0.717) is 12.8 Å². The number of aliphatic hydroxyl groups is 12. The van der Waals surface area contributed by atoms with Crippen molar-refractivity contribution in [2.24, 2.45) is 5.92 Å². The van der Waals surface area contributed by atoms with Gasteiger partial charge < -0.3 is 100 Å². The van der Waals surface area contributed by atoms with E-state index in [1.54, 1.807) is 0 Å². The van der Waals surface area contributed by atoms with Crippen molar-refractivity contribution in [3.8, 4) is 0 Å². The van der Waals surface area contributed by atoms with Crippen molar-refractivity contribution in [3.05, 3.63) is 0 Å². The van der Waals surface area contributed by atoms with Gasteiger partial charge in [0.25, 0.3) is 5.79 Å². The lowest BCUT2D eigenvalue weighted by Gasteiger charge is -2.50. The predicted octanol–water partition coefficient (Wildman–Crippen LogP) is 3.49. The predicted molar refractivity (Wildman–Crippen MR) is 295 cm³/mol. The van der Waals surface area contributed by atoms with Gasteiger partial charge >= 0.3 is 5.97 Å². The number of carbonyl (C=O) groups is 2. The Bertz CT molecular complexity index is 1610. The molecule has 80 heavy (non-hydrogen) atoms. The molecule has 14 N–H and O–H groups in total. The fourth-order valence-corrected chi connectivity index (χ4v) is 11.1. The summed E-state index contributed by atoms with van der Waals surface area (Å²) in [5.74, 6) is -6.23. The van der Waals surface area contributed by atoms with E-state index >= 15 is 0 Å². The number of amides is 1. The van der Waals surface area contributed by atoms with Crippen LogP contribution in [0.25, 0.3) is 0 Å². The Morgan fingerprint density at radius 3 is 1.54 bits per heavy atom. The number of aliphatic carboxylic acids is 1. The highest BCUT2D eigenvalue weighted by molar-refractivity contribution is 5.76. The second kappa shape index (κ2) is 40.5. The molecular weight excluding hydrogens is 1050 g/mol. The molecule has 0 aromatic rings. The summed E-state index contributed by atoms with van der Waals surface area (Å²) in [5, 5.41) is 143. The lowest BCUT2D eigenvalue weighted by atomic mass is 9.84. The molecule has 0 saturated carbocycles. The van der Waals surface area contributed by atoms with Gasteiger partial charge in [0.15, 0.2) is 12.6 Å². The molecule has 22 heteroatoms. The van der Waals surface area contributed by atoms with E-state index in [1.165, 1.54) is 116 Å². The molecular formula is C58H109NO21. The Morgan fingerprint density at radius 1 is 0.588 bits per heavy atom. The molecule has 0 spiro atoms. The lowest BCUT2D eigenvalue weighted by Crippen LogP contribution is -2.68. The molecule has 3 aliphatic heterocycles. The van der Waals surface area contributed by atoms with Crippen LogP contribution in [0.5, 0.6) is 0 Å². The summed E-state index contributed by atoms with van der Waals surface area (Å²) in [6, 6.07) is -1.20. The molecule has 472 valence electrons. The zero-order valence-electron chi connectivity index (χ0n) is 48.5. The Balaban J connectivity index is 1.64. The highest BCUT2D eigenvalue weighted by atomic mass is 16.8. The second-order valence-corrected chi connectivity index (χ2v) is 23.1. The molecule has 3 fully saturated rings. The van der Waals surface area contributed by atoms with Crippen LogP contribution in [0.1, 0.15) is 213 Å². The highest BCUT2D eigenvalue weighted by Crippen LogP contribution is 2.40. The van der Waals surface area contributed by atoms with Crippen molar-refractivity contribution in [1.82, 2.24) is 5.32 Å². The second-order valence-electron chi connectivity index (χ2n) is 23.1. The molecule has 0 aromatic heterocycles. The van der Waals surface area contributed by atoms with Crippen LogP contribution in [0.3, 0.4) is 0 Å². The van der Waals surface area contributed by atoms with Gasteiger partial charge in [-0.1, -0.05) is 188 Å². The van der Waals surface area contributed by atoms with E-state index in [1.807, 2.05) is 0 Å². The summed E-state index contributed by atoms with van der Waals surface area (Å²) < 4.78 is 34.6. The summed E-state index contributed by atoms with van der Waals surface area (Å²) >= 11 is 0. The minimum Gasteiger partial charge on any atom is -0.477 e. The summed E-state index contributed by atoms with van der Waals surface area (Å²) in [7, 11) is 0. The van der Waals surface area contributed by atoms with Gasteiger partial charge in [-0.2, -0.15) is 0 Å². The Hall–Kier alpha value is -1.78. The van der Waals surface area contributed by atoms with Gasteiger partial charge in [0, 0.05) is 18.8 Å². The fraction of sp³-hybridized carbons (Fsp3) is 0.966. The number of hydrogen-bond donors (Lipinski definition) is 14. The van der Waals surface area contributed by atoms with Gasteiger partial charge in [-0.15, -0.1) is 0 Å². The zero-order valence-corrected chi connectivity index (χ0v) is 48.5. The molecule has 19 atom stereocenters. The van der Waals surface area contributed by atoms with Crippen LogP contribution in [0.15, 0.2) is 0 Å². The van der Waals surface area contributed by atoms with Crippen LogP contribution in [-0.2, 0) is 38.0 Å². The monoisotopic (exact) mass is 1160 g/mol. The Labute approximate surface area is 475 Å². The molecule has 1 amide bonds. The number of unbranched alkanes of at least 4 members (excludes halogenated alkanes) is 25. The molecule has 22 nitrogen and oxygen atoms in total. The van der Waals surface area contributed by atoms with E-state index in [9.17, 15) is 76.0 Å². The van der Waals surface area contributed by atoms with Crippen LogP contribution >= 0.6 is 0 Å². The average molecular weight is 1160 g/mol. The van der Waals surface area contributed by atoms with Gasteiger partial charge in [0.2, 0.25) is 5.91 Å². The maximum atomic E-state index is 13.4. The topological polar surface area (TPSA) is 365 Å². The van der Waals surface area contributed by atoms with Crippen LogP contribution in [-0.4, -0.2) is 215 Å². The third-order valence-electron chi connectivity index (χ3n) is 16.4. The summed E-state index contributed by atoms with van der Waals surface area (Å²) in [6.07, 6.45) is 1.71. The molecule has 0 aliphatic carbocycles. The molecule has 3 saturated heterocycles. The quantitative estimate of drug-likeness (QED) is 0.0388. The molecule has 3 heterocycles. The minimum atomic E-state index is -2.93. The van der Waals surface area contributed by atoms with Crippen LogP contribution in [0.4, 0.5) is 0 Å². The highest BCUT2D eigenvalue weighted by Gasteiger charge is 2.59. The van der Waals surface area contributed by atoms with Crippen LogP contribution in [0.2, 0.25) is 0 Å². The number of ether oxygens (including phenoxy) is 6. The van der Waals surface area contributed by atoms with Crippen molar-refractivity contribution in [1.29, 1.82) is 0 Å². The largest absolute Gasteiger partial charge is 0.477 e. The van der Waals surface area contributed by atoms with E-state index in [4.69, 9.17) is 28.4 Å². The lowest BCUT2D eigenvalue weighted by molar-refractivity contribution is -0.388. The van der Waals surface area contributed by atoms with Crippen molar-refractivity contribution < 1.29 is 104 Å². The third kappa shape index (κ3) is 24.3. The van der Waals surface area contributed by atoms with Gasteiger partial charge in [-0.25, -0.2) is 4.79 Å². The first kappa shape index (κ1) is 72.5. The Kier molecular flexibility index (Phi) is 36.7. The van der Waals surface area contributed by atoms with E-state index in [2.05, 4.69) is 19.2 Å². The SMILES string of the molecule is CCCCCCCCCCCCCCCCCC(=O)N[C@@H](CO[C@H]1O[C@H](CO)[C@@H](O[C@@H]2OC(CO)[C@H](O)[C@H](O[C@]3(C(=O)O)CC(O)[C@H](C)[C@H]([C@H](O)C(O)CO)O3)C2O)C(O)C1O)[C@H](O)[C@H](O)CCCCCCCCCCCCCC. The molecule has 6 unspecified atom stereocenters. The standard InChI is InChI=1S/C58H109NO21/c1-4-6-8-10-12-14-16-18-19-20-22-24-26-28-30-32-45(66)59-39(46(67)40(63)31-29-27-25-23-21-17-15-13-11-9-7-5-2)37-75-55-50(71)49(70)53(44(36-62)77-55)78-56-51(72)54(48(69)43(35-61)76-56)80-58(57(73)74)33-41(64)38(3)52(79-58)47(68)42(65)34-60/h38-44,46-56,60-65,67-72H,4-37H2,1-3H3,(H,59,66)(H,73,74)/t38-,39-,40+,41?,42?,43?,44+,46-,47+,48-,49?,50?,51?,52+,53+,54-,55-,56-,58-/m0/s1. The molecule has 0 radical (unpaired) electrons. The fourth-order valence-electron chi connectivity index (χ4n) is 11.1. The number of carboxylic acids is 1. The summed E-state index contributed by atoms with van der Waals surface area (Å²) in [5.41, 5.74) is 0. The molecule has 3 rings (SSSR count). The molecule has 3 aliphatic rings. The zero-order chi connectivity index (χ0) is 59.0. The average Bonchev–Trinajstić information content (AvgIpc) is 3.54. The number of carboxylic acid groups (broad SMARTS) is 1. The van der Waals surface area contributed by atoms with Crippen molar-refractivity contribution in [2.75, 3.05) is 26.4 Å². The maximum Gasteiger partial charge on any atom is 0.364 e. The van der Waals surface area contributed by atoms with Crippen molar-refractivity contribution >= 4 is 11.9 Å². The summed E-state index contributed by atoms with van der Waals surface area (Å²) in [6.45, 7) is 2.47. The van der Waals surface area contributed by atoms with E-state index in [0.717, 1.165) is 51.4 Å². The van der Waals surface area contributed by atoms with Crippen molar-refractivity contribution in [3.63, 3.8) is 0 Å². The summed E-state index contributed by atoms with van der Waals surface area (Å²) in [4.78, 5) is 26.2. The number of rotatable bonds is 45.